The molecule has 0 aromatic heterocycles. The van der Waals surface area contributed by atoms with Crippen LogP contribution in [0.25, 0.3) is 0 Å². The molecule has 0 saturated heterocycles. The maximum atomic E-state index is 12.5. The number of rotatable bonds is 16. The van der Waals surface area contributed by atoms with Gasteiger partial charge in [0.15, 0.2) is 0 Å². The summed E-state index contributed by atoms with van der Waals surface area (Å²) in [6.45, 7) is 1.23. The van der Waals surface area contributed by atoms with Crippen LogP contribution in [0.15, 0.2) is 0 Å². The summed E-state index contributed by atoms with van der Waals surface area (Å²) < 4.78 is 0. The van der Waals surface area contributed by atoms with Crippen LogP contribution in [-0.2, 0) is 33.6 Å². The van der Waals surface area contributed by atoms with E-state index < -0.39 is 91.4 Å². The Morgan fingerprint density at radius 3 is 1.52 bits per heavy atom. The number of aliphatic carboxylic acids is 4. The van der Waals surface area contributed by atoms with E-state index in [1.54, 1.807) is 0 Å². The highest BCUT2D eigenvalue weighted by atomic mass is 16.4. The summed E-state index contributed by atoms with van der Waals surface area (Å²) in [5.41, 5.74) is 5.54. The highest BCUT2D eigenvalue weighted by molar-refractivity contribution is 5.94. The van der Waals surface area contributed by atoms with Crippen molar-refractivity contribution in [3.8, 4) is 0 Å². The Hall–Kier alpha value is -3.75. The Balaban J connectivity index is 5.16. The summed E-state index contributed by atoms with van der Waals surface area (Å²) in [7, 11) is 0. The minimum absolute atomic E-state index is 0.188. The Morgan fingerprint density at radius 2 is 1.06 bits per heavy atom. The van der Waals surface area contributed by atoms with Crippen LogP contribution in [0, 0.1) is 0 Å². The number of hydrogen-bond donors (Lipinski definition) is 8. The number of nitrogens with one attached hydrogen (secondary N) is 3. The van der Waals surface area contributed by atoms with Crippen LogP contribution in [0.1, 0.15) is 45.4 Å². The first kappa shape index (κ1) is 29.2. The molecule has 0 aliphatic carbocycles. The first-order valence-corrected chi connectivity index (χ1v) is 9.79. The van der Waals surface area contributed by atoms with E-state index in [0.717, 1.165) is 0 Å². The monoisotopic (exact) mass is 476 g/mol. The normalized spacial score (nSPS) is 14.1. The molecule has 0 aromatic carbocycles. The maximum Gasteiger partial charge on any atom is 0.326 e. The van der Waals surface area contributed by atoms with E-state index in [9.17, 15) is 33.6 Å². The van der Waals surface area contributed by atoms with Gasteiger partial charge in [0.1, 0.15) is 18.1 Å². The smallest absolute Gasteiger partial charge is 0.326 e. The van der Waals surface area contributed by atoms with Crippen molar-refractivity contribution in [2.45, 2.75) is 69.6 Å². The molecule has 0 aliphatic heterocycles. The SMILES string of the molecule is CC(NC(=O)C(N)CCC(=O)O)C(=O)NC(CCC(=O)O)C(=O)NC(CCC(=O)O)C(=O)O. The van der Waals surface area contributed by atoms with Crippen molar-refractivity contribution in [2.24, 2.45) is 5.73 Å². The largest absolute Gasteiger partial charge is 0.481 e. The van der Waals surface area contributed by atoms with Crippen molar-refractivity contribution < 1.29 is 54.0 Å². The van der Waals surface area contributed by atoms with Gasteiger partial charge in [-0.25, -0.2) is 4.79 Å². The van der Waals surface area contributed by atoms with Gasteiger partial charge in [-0.2, -0.15) is 0 Å². The zero-order chi connectivity index (χ0) is 25.7. The lowest BCUT2D eigenvalue weighted by Crippen LogP contribution is -2.56. The van der Waals surface area contributed by atoms with E-state index in [-0.39, 0.29) is 12.8 Å². The van der Waals surface area contributed by atoms with Crippen LogP contribution in [0.2, 0.25) is 0 Å². The van der Waals surface area contributed by atoms with E-state index in [1.165, 1.54) is 6.92 Å². The number of hydrogen-bond acceptors (Lipinski definition) is 8. The highest BCUT2D eigenvalue weighted by Crippen LogP contribution is 2.04. The lowest BCUT2D eigenvalue weighted by atomic mass is 10.1. The third-order valence-corrected chi connectivity index (χ3v) is 4.30. The third kappa shape index (κ3) is 12.6. The van der Waals surface area contributed by atoms with E-state index in [0.29, 0.717) is 0 Å². The first-order valence-electron chi connectivity index (χ1n) is 9.79. The molecular formula is C18H28N4O11. The highest BCUT2D eigenvalue weighted by Gasteiger charge is 2.29. The molecular weight excluding hydrogens is 448 g/mol. The number of amides is 3. The van der Waals surface area contributed by atoms with E-state index in [2.05, 4.69) is 16.0 Å². The predicted molar refractivity (Wildman–Crippen MR) is 108 cm³/mol. The van der Waals surface area contributed by atoms with E-state index in [4.69, 9.17) is 26.2 Å². The number of carboxylic acids is 4. The number of carboxylic acid groups (broad SMARTS) is 4. The van der Waals surface area contributed by atoms with E-state index in [1.807, 2.05) is 0 Å². The van der Waals surface area contributed by atoms with Gasteiger partial charge in [-0.05, 0) is 26.2 Å². The average Bonchev–Trinajstić information content (AvgIpc) is 2.70. The molecule has 33 heavy (non-hydrogen) atoms. The van der Waals surface area contributed by atoms with Crippen molar-refractivity contribution >= 4 is 41.6 Å². The molecule has 186 valence electrons. The third-order valence-electron chi connectivity index (χ3n) is 4.30. The van der Waals surface area contributed by atoms with Crippen LogP contribution in [0.3, 0.4) is 0 Å². The molecule has 4 atom stereocenters. The Bertz CT molecular complexity index is 770. The minimum Gasteiger partial charge on any atom is -0.481 e. The molecule has 0 saturated carbocycles. The van der Waals surface area contributed by atoms with Gasteiger partial charge in [-0.15, -0.1) is 0 Å². The molecule has 4 unspecified atom stereocenters. The Kier molecular flexibility index (Phi) is 12.7. The van der Waals surface area contributed by atoms with Gasteiger partial charge in [-0.1, -0.05) is 0 Å². The van der Waals surface area contributed by atoms with Crippen LogP contribution >= 0.6 is 0 Å². The van der Waals surface area contributed by atoms with Crippen LogP contribution < -0.4 is 21.7 Å². The van der Waals surface area contributed by atoms with Crippen molar-refractivity contribution in [1.82, 2.24) is 16.0 Å². The average molecular weight is 476 g/mol. The summed E-state index contributed by atoms with van der Waals surface area (Å²) in [5.74, 6) is -8.09. The molecule has 0 fully saturated rings. The molecule has 0 radical (unpaired) electrons. The molecule has 0 aliphatic rings. The van der Waals surface area contributed by atoms with Crippen molar-refractivity contribution in [3.05, 3.63) is 0 Å². The molecule has 0 heterocycles. The quantitative estimate of drug-likeness (QED) is 0.115. The van der Waals surface area contributed by atoms with Crippen molar-refractivity contribution in [1.29, 1.82) is 0 Å². The Morgan fingerprint density at radius 1 is 0.636 bits per heavy atom. The van der Waals surface area contributed by atoms with E-state index >= 15 is 0 Å². The fraction of sp³-hybridized carbons (Fsp3) is 0.611. The number of nitrogens with two attached hydrogens (primary N) is 1. The number of carbonyl (C=O) groups excluding carboxylic acids is 3. The van der Waals surface area contributed by atoms with Crippen molar-refractivity contribution in [2.75, 3.05) is 0 Å². The molecule has 15 nitrogen and oxygen atoms in total. The van der Waals surface area contributed by atoms with Gasteiger partial charge in [0.05, 0.1) is 6.04 Å². The number of carbonyl (C=O) groups is 7. The summed E-state index contributed by atoms with van der Waals surface area (Å²) >= 11 is 0. The van der Waals surface area contributed by atoms with Gasteiger partial charge in [-0.3, -0.25) is 28.8 Å². The first-order chi connectivity index (χ1) is 15.2. The molecule has 0 aromatic rings. The zero-order valence-electron chi connectivity index (χ0n) is 17.8. The molecule has 15 heteroatoms. The summed E-state index contributed by atoms with van der Waals surface area (Å²) in [6, 6.07) is -5.56. The van der Waals surface area contributed by atoms with Crippen LogP contribution in [0.5, 0.6) is 0 Å². The standard InChI is InChI=1S/C18H28N4O11/c1-8(20-16(30)9(19)2-5-12(23)24)15(29)21-10(3-6-13(25)26)17(31)22-11(18(32)33)4-7-14(27)28/h8-11H,2-7,19H2,1H3,(H,20,30)(H,21,29)(H,22,31)(H,23,24)(H,25,26)(H,27,28)(H,32,33). The second-order valence-corrected chi connectivity index (χ2v) is 7.09. The van der Waals surface area contributed by atoms with Crippen molar-refractivity contribution in [3.63, 3.8) is 0 Å². The second-order valence-electron chi connectivity index (χ2n) is 7.09. The summed E-state index contributed by atoms with van der Waals surface area (Å²) in [5, 5.41) is 41.8. The second kappa shape index (κ2) is 14.3. The molecule has 0 rings (SSSR count). The minimum atomic E-state index is -1.60. The van der Waals surface area contributed by atoms with Gasteiger partial charge >= 0.3 is 23.9 Å². The van der Waals surface area contributed by atoms with Gasteiger partial charge in [0, 0.05) is 19.3 Å². The lowest BCUT2D eigenvalue weighted by Gasteiger charge is -2.23. The summed E-state index contributed by atoms with van der Waals surface area (Å²) in [6.07, 6.45) is -2.56. The summed E-state index contributed by atoms with van der Waals surface area (Å²) in [4.78, 5) is 80.1. The zero-order valence-corrected chi connectivity index (χ0v) is 17.8. The lowest BCUT2D eigenvalue weighted by molar-refractivity contribution is -0.144. The topological polar surface area (TPSA) is 263 Å². The maximum absolute atomic E-state index is 12.5. The van der Waals surface area contributed by atoms with Gasteiger partial charge in [0.25, 0.3) is 0 Å². The molecule has 3 amide bonds. The predicted octanol–water partition coefficient (Wildman–Crippen LogP) is -2.53. The molecule has 0 spiro atoms. The fourth-order valence-corrected chi connectivity index (χ4v) is 2.43. The van der Waals surface area contributed by atoms with Crippen LogP contribution in [-0.4, -0.2) is 86.2 Å². The van der Waals surface area contributed by atoms with Gasteiger partial charge in [0.2, 0.25) is 17.7 Å². The van der Waals surface area contributed by atoms with Gasteiger partial charge < -0.3 is 42.1 Å². The van der Waals surface area contributed by atoms with Crippen LogP contribution in [0.4, 0.5) is 0 Å². The Labute approximate surface area is 187 Å². The molecule has 0 bridgehead atoms. The fourth-order valence-electron chi connectivity index (χ4n) is 2.43. The molecule has 9 N–H and O–H groups in total.